The molecule has 2 fully saturated rings. The summed E-state index contributed by atoms with van der Waals surface area (Å²) in [5, 5.41) is 3.26. The van der Waals surface area contributed by atoms with Crippen LogP contribution in [-0.4, -0.2) is 31.1 Å². The summed E-state index contributed by atoms with van der Waals surface area (Å²) in [7, 11) is 0. The molecule has 8 heteroatoms. The Morgan fingerprint density at radius 3 is 2.17 bits per heavy atom. The number of alkyl halides is 3. The lowest BCUT2D eigenvalue weighted by molar-refractivity contribution is -0.140. The smallest absolute Gasteiger partial charge is 0.314 e. The van der Waals surface area contributed by atoms with Gasteiger partial charge in [0.2, 0.25) is 0 Å². The lowest BCUT2D eigenvalue weighted by Crippen LogP contribution is -2.45. The van der Waals surface area contributed by atoms with Crippen molar-refractivity contribution >= 4 is 24.8 Å². The third-order valence-electron chi connectivity index (χ3n) is 4.25. The van der Waals surface area contributed by atoms with Gasteiger partial charge in [0.05, 0.1) is 5.56 Å². The maximum atomic E-state index is 13.8. The normalized spacial score (nSPS) is 20.3. The van der Waals surface area contributed by atoms with E-state index in [1.165, 1.54) is 6.07 Å². The van der Waals surface area contributed by atoms with Crippen LogP contribution in [0, 0.1) is 11.7 Å². The molecule has 1 saturated carbocycles. The van der Waals surface area contributed by atoms with Crippen LogP contribution in [0.2, 0.25) is 0 Å². The largest absolute Gasteiger partial charge is 0.419 e. The molecule has 0 amide bonds. The molecule has 0 unspecified atom stereocenters. The van der Waals surface area contributed by atoms with Crippen molar-refractivity contribution in [3.8, 4) is 0 Å². The summed E-state index contributed by atoms with van der Waals surface area (Å²) in [5.74, 6) is -0.722. The Morgan fingerprint density at radius 2 is 1.70 bits per heavy atom. The highest BCUT2D eigenvalue weighted by Gasteiger charge is 2.39. The molecule has 1 aliphatic carbocycles. The molecule has 1 aliphatic heterocycles. The Kier molecular flexibility index (Phi) is 7.13. The molecule has 132 valence electrons. The average Bonchev–Trinajstić information content (AvgIpc) is 3.23. The van der Waals surface area contributed by atoms with Gasteiger partial charge in [0.15, 0.2) is 0 Å². The van der Waals surface area contributed by atoms with Crippen molar-refractivity contribution < 1.29 is 17.6 Å². The fourth-order valence-electron chi connectivity index (χ4n) is 3.10. The van der Waals surface area contributed by atoms with Crippen LogP contribution in [0.4, 0.5) is 17.6 Å². The number of halogens is 6. The quantitative estimate of drug-likeness (QED) is 0.803. The van der Waals surface area contributed by atoms with E-state index < -0.39 is 17.6 Å². The van der Waals surface area contributed by atoms with Crippen LogP contribution < -0.4 is 5.32 Å². The zero-order chi connectivity index (χ0) is 15.0. The van der Waals surface area contributed by atoms with Crippen molar-refractivity contribution in [3.63, 3.8) is 0 Å². The molecule has 0 spiro atoms. The SMILES string of the molecule is Cl.Cl.Fc1cc([C@@H](C2CC2)N2CCNCC2)ccc1C(F)(F)F. The molecule has 23 heavy (non-hydrogen) atoms. The van der Waals surface area contributed by atoms with Gasteiger partial charge in [-0.3, -0.25) is 4.90 Å². The maximum Gasteiger partial charge on any atom is 0.419 e. The third-order valence-corrected chi connectivity index (χ3v) is 4.25. The van der Waals surface area contributed by atoms with E-state index in [-0.39, 0.29) is 30.9 Å². The Labute approximate surface area is 145 Å². The molecular weight excluding hydrogens is 355 g/mol. The lowest BCUT2D eigenvalue weighted by Gasteiger charge is -2.35. The van der Waals surface area contributed by atoms with Crippen LogP contribution in [0.25, 0.3) is 0 Å². The topological polar surface area (TPSA) is 15.3 Å². The molecule has 0 bridgehead atoms. The molecule has 1 heterocycles. The fourth-order valence-corrected chi connectivity index (χ4v) is 3.10. The van der Waals surface area contributed by atoms with Crippen LogP contribution in [-0.2, 0) is 6.18 Å². The molecule has 1 aromatic carbocycles. The van der Waals surface area contributed by atoms with Gasteiger partial charge in [0.25, 0.3) is 0 Å². The lowest BCUT2D eigenvalue weighted by atomic mass is 9.98. The highest BCUT2D eigenvalue weighted by Crippen LogP contribution is 2.45. The van der Waals surface area contributed by atoms with Gasteiger partial charge in [-0.1, -0.05) is 6.07 Å². The fraction of sp³-hybridized carbons (Fsp3) is 0.600. The summed E-state index contributed by atoms with van der Waals surface area (Å²) in [6, 6.07) is 3.44. The number of nitrogens with zero attached hydrogens (tertiary/aromatic N) is 1. The molecule has 1 atom stereocenters. The highest BCUT2D eigenvalue weighted by atomic mass is 35.5. The molecule has 3 rings (SSSR count). The summed E-state index contributed by atoms with van der Waals surface area (Å²) in [5.41, 5.74) is -0.508. The molecule has 2 nitrogen and oxygen atoms in total. The van der Waals surface area contributed by atoms with E-state index in [1.54, 1.807) is 0 Å². The summed E-state index contributed by atoms with van der Waals surface area (Å²) in [6.07, 6.45) is -2.50. The van der Waals surface area contributed by atoms with Gasteiger partial charge in [-0.25, -0.2) is 4.39 Å². The van der Waals surface area contributed by atoms with E-state index in [2.05, 4.69) is 10.2 Å². The number of nitrogens with one attached hydrogen (secondary N) is 1. The summed E-state index contributed by atoms with van der Waals surface area (Å²) in [6.45, 7) is 3.44. The van der Waals surface area contributed by atoms with Gasteiger partial charge in [0, 0.05) is 32.2 Å². The first-order valence-electron chi connectivity index (χ1n) is 7.28. The summed E-state index contributed by atoms with van der Waals surface area (Å²) >= 11 is 0. The van der Waals surface area contributed by atoms with Crippen molar-refractivity contribution in [2.45, 2.75) is 25.1 Å². The Bertz CT molecular complexity index is 515. The van der Waals surface area contributed by atoms with E-state index >= 15 is 0 Å². The predicted molar refractivity (Wildman–Crippen MR) is 85.8 cm³/mol. The van der Waals surface area contributed by atoms with Crippen LogP contribution in [0.1, 0.15) is 30.0 Å². The minimum absolute atomic E-state index is 0. The number of rotatable bonds is 3. The van der Waals surface area contributed by atoms with Crippen LogP contribution >= 0.6 is 24.8 Å². The van der Waals surface area contributed by atoms with Gasteiger partial charge < -0.3 is 5.32 Å². The van der Waals surface area contributed by atoms with E-state index in [0.717, 1.165) is 51.2 Å². The van der Waals surface area contributed by atoms with Gasteiger partial charge in [-0.15, -0.1) is 24.8 Å². The number of hydrogen-bond donors (Lipinski definition) is 1. The molecule has 0 aromatic heterocycles. The first-order chi connectivity index (χ1) is 9.97. The van der Waals surface area contributed by atoms with Crippen molar-refractivity contribution in [2.24, 2.45) is 5.92 Å². The number of piperazine rings is 1. The molecule has 1 N–H and O–H groups in total. The standard InChI is InChI=1S/C15H18F4N2.2ClH/c16-13-9-11(3-4-12(13)15(17,18)19)14(10-1-2-10)21-7-5-20-6-8-21;;/h3-4,9-10,14,20H,1-2,5-8H2;2*1H/t14-;;/m1../s1. The van der Waals surface area contributed by atoms with Gasteiger partial charge in [-0.2, -0.15) is 13.2 Å². The van der Waals surface area contributed by atoms with Gasteiger partial charge in [-0.05, 0) is 36.5 Å². The average molecular weight is 375 g/mol. The molecular formula is C15H20Cl2F4N2. The van der Waals surface area contributed by atoms with Crippen LogP contribution in [0.15, 0.2) is 18.2 Å². The summed E-state index contributed by atoms with van der Waals surface area (Å²) in [4.78, 5) is 2.26. The Balaban J connectivity index is 0.00000132. The van der Waals surface area contributed by atoms with Crippen LogP contribution in [0.3, 0.4) is 0 Å². The van der Waals surface area contributed by atoms with Gasteiger partial charge >= 0.3 is 6.18 Å². The number of hydrogen-bond acceptors (Lipinski definition) is 2. The van der Waals surface area contributed by atoms with E-state index in [9.17, 15) is 17.6 Å². The molecule has 1 aromatic rings. The minimum Gasteiger partial charge on any atom is -0.314 e. The van der Waals surface area contributed by atoms with Gasteiger partial charge in [0.1, 0.15) is 5.82 Å². The zero-order valence-electron chi connectivity index (χ0n) is 12.4. The molecule has 0 radical (unpaired) electrons. The highest BCUT2D eigenvalue weighted by molar-refractivity contribution is 5.85. The molecule has 2 aliphatic rings. The maximum absolute atomic E-state index is 13.8. The van der Waals surface area contributed by atoms with E-state index in [1.807, 2.05) is 0 Å². The second kappa shape index (κ2) is 8.01. The first kappa shape index (κ1) is 20.5. The molecule has 1 saturated heterocycles. The summed E-state index contributed by atoms with van der Waals surface area (Å²) < 4.78 is 51.8. The first-order valence-corrected chi connectivity index (χ1v) is 7.28. The second-order valence-corrected chi connectivity index (χ2v) is 5.81. The Morgan fingerprint density at radius 1 is 1.09 bits per heavy atom. The Hall–Kier alpha value is -0.560. The minimum atomic E-state index is -4.63. The monoisotopic (exact) mass is 374 g/mol. The van der Waals surface area contributed by atoms with E-state index in [4.69, 9.17) is 0 Å². The van der Waals surface area contributed by atoms with Crippen molar-refractivity contribution in [2.75, 3.05) is 26.2 Å². The predicted octanol–water partition coefficient (Wildman–Crippen LogP) is 4.04. The van der Waals surface area contributed by atoms with E-state index in [0.29, 0.717) is 11.5 Å². The number of benzene rings is 1. The van der Waals surface area contributed by atoms with Crippen molar-refractivity contribution in [3.05, 3.63) is 35.1 Å². The van der Waals surface area contributed by atoms with Crippen molar-refractivity contribution in [1.29, 1.82) is 0 Å². The zero-order valence-corrected chi connectivity index (χ0v) is 14.0. The third kappa shape index (κ3) is 4.72. The second-order valence-electron chi connectivity index (χ2n) is 5.81. The van der Waals surface area contributed by atoms with Crippen LogP contribution in [0.5, 0.6) is 0 Å². The van der Waals surface area contributed by atoms with Crippen molar-refractivity contribution in [1.82, 2.24) is 10.2 Å².